The Labute approximate surface area is 124 Å². The number of alkyl halides is 3. The molecule has 1 N–H and O–H groups in total. The molecular formula is C16H21BF3N. The largest absolute Gasteiger partial charge is 0.393 e. The maximum atomic E-state index is 12.1. The highest BCUT2D eigenvalue weighted by Crippen LogP contribution is 2.24. The van der Waals surface area contributed by atoms with Gasteiger partial charge in [-0.05, 0) is 49.2 Å². The first-order valence-corrected chi connectivity index (χ1v) is 7.43. The summed E-state index contributed by atoms with van der Waals surface area (Å²) in [5, 5.41) is 3.30. The minimum atomic E-state index is -4.07. The van der Waals surface area contributed by atoms with Crippen molar-refractivity contribution >= 4 is 7.28 Å². The van der Waals surface area contributed by atoms with Gasteiger partial charge < -0.3 is 5.32 Å². The second-order valence-electron chi connectivity index (χ2n) is 5.87. The van der Waals surface area contributed by atoms with Gasteiger partial charge in [-0.1, -0.05) is 24.8 Å². The number of allylic oxidation sites excluding steroid dienone is 1. The lowest BCUT2D eigenvalue weighted by Gasteiger charge is -2.27. The molecule has 1 aromatic carbocycles. The lowest BCUT2D eigenvalue weighted by molar-refractivity contribution is -0.135. The normalized spacial score (nSPS) is 17.8. The third kappa shape index (κ3) is 4.83. The molecule has 114 valence electrons. The van der Waals surface area contributed by atoms with Gasteiger partial charge in [-0.15, -0.1) is 0 Å². The van der Waals surface area contributed by atoms with Crippen molar-refractivity contribution in [3.63, 3.8) is 0 Å². The summed E-state index contributed by atoms with van der Waals surface area (Å²) < 4.78 is 36.4. The molecule has 2 rings (SSSR count). The van der Waals surface area contributed by atoms with Crippen LogP contribution >= 0.6 is 0 Å². The molecule has 0 amide bonds. The van der Waals surface area contributed by atoms with E-state index < -0.39 is 12.6 Å². The molecular weight excluding hydrogens is 274 g/mol. The first-order chi connectivity index (χ1) is 9.85. The van der Waals surface area contributed by atoms with E-state index >= 15 is 0 Å². The molecule has 0 aromatic heterocycles. The van der Waals surface area contributed by atoms with Crippen LogP contribution in [0.15, 0.2) is 30.5 Å². The zero-order chi connectivity index (χ0) is 15.5. The van der Waals surface area contributed by atoms with Crippen LogP contribution in [0.25, 0.3) is 0 Å². The van der Waals surface area contributed by atoms with Gasteiger partial charge in [0.05, 0.1) is 0 Å². The van der Waals surface area contributed by atoms with Gasteiger partial charge in [0.1, 0.15) is 0 Å². The molecule has 0 aliphatic carbocycles. The molecule has 21 heavy (non-hydrogen) atoms. The maximum absolute atomic E-state index is 12.1. The van der Waals surface area contributed by atoms with E-state index in [-0.39, 0.29) is 12.4 Å². The summed E-state index contributed by atoms with van der Waals surface area (Å²) in [4.78, 5) is 0. The van der Waals surface area contributed by atoms with E-state index in [4.69, 9.17) is 0 Å². The Bertz CT molecular complexity index is 511. The molecule has 1 aliphatic heterocycles. The highest BCUT2D eigenvalue weighted by molar-refractivity contribution is 6.38. The Morgan fingerprint density at radius 2 is 2.19 bits per heavy atom. The summed E-state index contributed by atoms with van der Waals surface area (Å²) in [5.41, 5.74) is 4.83. The lowest BCUT2D eigenvalue weighted by atomic mass is 9.57. The minimum absolute atomic E-state index is 0.109. The Hall–Kier alpha value is -1.39. The van der Waals surface area contributed by atoms with E-state index in [1.165, 1.54) is 16.7 Å². The highest BCUT2D eigenvalue weighted by Gasteiger charge is 2.26. The van der Waals surface area contributed by atoms with E-state index in [0.29, 0.717) is 6.42 Å². The second kappa shape index (κ2) is 6.59. The smallest absolute Gasteiger partial charge is 0.389 e. The molecule has 0 saturated heterocycles. The molecule has 0 spiro atoms. The second-order valence-corrected chi connectivity index (χ2v) is 5.87. The van der Waals surface area contributed by atoms with Crippen LogP contribution in [0.5, 0.6) is 0 Å². The third-order valence-electron chi connectivity index (χ3n) is 4.06. The van der Waals surface area contributed by atoms with E-state index in [2.05, 4.69) is 37.0 Å². The first-order valence-electron chi connectivity index (χ1n) is 7.43. The SMILES string of the molecule is C=C(CCCC(F)(F)F)NC1BCc2c(C)cccc2C1. The Kier molecular flexibility index (Phi) is 5.02. The minimum Gasteiger partial charge on any atom is -0.393 e. The van der Waals surface area contributed by atoms with Crippen LogP contribution < -0.4 is 5.32 Å². The van der Waals surface area contributed by atoms with Crippen molar-refractivity contribution in [3.05, 3.63) is 47.2 Å². The number of nitrogens with one attached hydrogen (secondary N) is 1. The Morgan fingerprint density at radius 3 is 2.90 bits per heavy atom. The summed E-state index contributed by atoms with van der Waals surface area (Å²) in [7, 11) is 1.01. The van der Waals surface area contributed by atoms with Gasteiger partial charge in [0.15, 0.2) is 7.28 Å². The first kappa shape index (κ1) is 16.0. The van der Waals surface area contributed by atoms with Gasteiger partial charge in [0.25, 0.3) is 0 Å². The standard InChI is InChI=1S/C16H21BF3N/c1-11-5-3-7-13-9-15(17-10-14(11)13)21-12(2)6-4-8-16(18,19)20/h3,5,7,15,17,21H,2,4,6,8-10H2,1H3. The van der Waals surface area contributed by atoms with Crippen LogP contribution in [0.2, 0.25) is 0 Å². The summed E-state index contributed by atoms with van der Waals surface area (Å²) in [6, 6.07) is 6.33. The number of halogens is 3. The number of rotatable bonds is 5. The van der Waals surface area contributed by atoms with Gasteiger partial charge in [-0.2, -0.15) is 13.2 Å². The fourth-order valence-electron chi connectivity index (χ4n) is 2.98. The monoisotopic (exact) mass is 295 g/mol. The number of hydrogen-bond donors (Lipinski definition) is 1. The Balaban J connectivity index is 1.81. The topological polar surface area (TPSA) is 12.0 Å². The molecule has 1 unspecified atom stereocenters. The van der Waals surface area contributed by atoms with Crippen molar-refractivity contribution in [2.45, 2.75) is 51.0 Å². The van der Waals surface area contributed by atoms with Crippen LogP contribution in [0.1, 0.15) is 36.0 Å². The van der Waals surface area contributed by atoms with Crippen LogP contribution in [0.3, 0.4) is 0 Å². The molecule has 0 fully saturated rings. The van der Waals surface area contributed by atoms with Crippen molar-refractivity contribution in [2.75, 3.05) is 0 Å². The molecule has 5 heteroatoms. The zero-order valence-corrected chi connectivity index (χ0v) is 12.4. The van der Waals surface area contributed by atoms with Gasteiger partial charge in [-0.25, -0.2) is 0 Å². The average molecular weight is 295 g/mol. The number of benzene rings is 1. The van der Waals surface area contributed by atoms with Crippen LogP contribution in [-0.2, 0) is 12.7 Å². The third-order valence-corrected chi connectivity index (χ3v) is 4.06. The van der Waals surface area contributed by atoms with E-state index in [1.807, 2.05) is 0 Å². The molecule has 1 atom stereocenters. The summed E-state index contributed by atoms with van der Waals surface area (Å²) in [6.45, 7) is 5.99. The van der Waals surface area contributed by atoms with E-state index in [0.717, 1.165) is 25.7 Å². The Morgan fingerprint density at radius 1 is 1.43 bits per heavy atom. The summed E-state index contributed by atoms with van der Waals surface area (Å²) >= 11 is 0. The molecule has 0 saturated carbocycles. The molecule has 0 bridgehead atoms. The number of fused-ring (bicyclic) bond motifs is 1. The van der Waals surface area contributed by atoms with Crippen molar-refractivity contribution in [1.29, 1.82) is 0 Å². The highest BCUT2D eigenvalue weighted by atomic mass is 19.4. The summed E-state index contributed by atoms with van der Waals surface area (Å²) in [5.74, 6) is 0.290. The quantitative estimate of drug-likeness (QED) is 0.818. The van der Waals surface area contributed by atoms with Crippen LogP contribution in [-0.4, -0.2) is 19.4 Å². The van der Waals surface area contributed by atoms with Gasteiger partial charge >= 0.3 is 6.18 Å². The maximum Gasteiger partial charge on any atom is 0.389 e. The number of aryl methyl sites for hydroxylation is 1. The predicted octanol–water partition coefficient (Wildman–Crippen LogP) is 3.65. The van der Waals surface area contributed by atoms with Crippen LogP contribution in [0, 0.1) is 6.92 Å². The molecule has 0 radical (unpaired) electrons. The molecule has 1 heterocycles. The van der Waals surface area contributed by atoms with Gasteiger partial charge in [0.2, 0.25) is 0 Å². The molecule has 1 aliphatic rings. The number of hydrogen-bond acceptors (Lipinski definition) is 1. The molecule has 1 nitrogen and oxygen atoms in total. The van der Waals surface area contributed by atoms with Crippen molar-refractivity contribution in [2.24, 2.45) is 0 Å². The fourth-order valence-corrected chi connectivity index (χ4v) is 2.98. The summed E-state index contributed by atoms with van der Waals surface area (Å²) in [6.07, 6.45) is -2.36. The lowest BCUT2D eigenvalue weighted by Crippen LogP contribution is -2.40. The molecule has 1 aromatic rings. The fraction of sp³-hybridized carbons (Fsp3) is 0.500. The van der Waals surface area contributed by atoms with E-state index in [1.54, 1.807) is 0 Å². The predicted molar refractivity (Wildman–Crippen MR) is 81.7 cm³/mol. The van der Waals surface area contributed by atoms with Crippen molar-refractivity contribution in [1.82, 2.24) is 5.32 Å². The van der Waals surface area contributed by atoms with Gasteiger partial charge in [-0.3, -0.25) is 0 Å². The van der Waals surface area contributed by atoms with Crippen LogP contribution in [0.4, 0.5) is 13.2 Å². The van der Waals surface area contributed by atoms with Gasteiger partial charge in [0, 0.05) is 18.1 Å². The average Bonchev–Trinajstić information content (AvgIpc) is 2.37. The van der Waals surface area contributed by atoms with Crippen molar-refractivity contribution in [3.8, 4) is 0 Å². The van der Waals surface area contributed by atoms with Crippen molar-refractivity contribution < 1.29 is 13.2 Å². The van der Waals surface area contributed by atoms with E-state index in [9.17, 15) is 13.2 Å². The zero-order valence-electron chi connectivity index (χ0n) is 12.4.